The Balaban J connectivity index is 1.79. The van der Waals surface area contributed by atoms with Gasteiger partial charge in [0.1, 0.15) is 5.75 Å². The van der Waals surface area contributed by atoms with Crippen LogP contribution in [0.2, 0.25) is 0 Å². The number of aliphatic hydroxyl groups excluding tert-OH is 1. The number of hydrogen-bond donors (Lipinski definition) is 1. The van der Waals surface area contributed by atoms with Crippen molar-refractivity contribution in [3.05, 3.63) is 83.8 Å². The van der Waals surface area contributed by atoms with Gasteiger partial charge in [-0.25, -0.2) is 4.79 Å². The molecule has 0 heterocycles. The number of hydrogen-bond acceptors (Lipinski definition) is 4. The maximum atomic E-state index is 12.3. The largest absolute Gasteiger partial charge is 0.422 e. The highest BCUT2D eigenvalue weighted by atomic mass is 32.2. The number of ether oxygens (including phenoxy) is 1. The predicted octanol–water partition coefficient (Wildman–Crippen LogP) is 4.41. The highest BCUT2D eigenvalue weighted by Crippen LogP contribution is 2.26. The SMILES string of the molecule is O=C(Oc1cccc2ccccc12)/C(=C/Sc1ccccc1)CO. The van der Waals surface area contributed by atoms with Crippen molar-refractivity contribution in [1.82, 2.24) is 0 Å². The molecule has 0 unspecified atom stereocenters. The van der Waals surface area contributed by atoms with E-state index in [-0.39, 0.29) is 12.2 Å². The van der Waals surface area contributed by atoms with Gasteiger partial charge in [0, 0.05) is 10.3 Å². The van der Waals surface area contributed by atoms with Crippen LogP contribution in [0, 0.1) is 0 Å². The minimum atomic E-state index is -0.544. The third-order valence-corrected chi connectivity index (χ3v) is 4.41. The van der Waals surface area contributed by atoms with Crippen LogP contribution in [0.15, 0.2) is 88.7 Å². The zero-order chi connectivity index (χ0) is 16.8. The molecular formula is C20H16O3S. The lowest BCUT2D eigenvalue weighted by Crippen LogP contribution is -2.13. The van der Waals surface area contributed by atoms with Crippen molar-refractivity contribution < 1.29 is 14.6 Å². The molecule has 0 fully saturated rings. The Morgan fingerprint density at radius 3 is 2.46 bits per heavy atom. The summed E-state index contributed by atoms with van der Waals surface area (Å²) in [6.07, 6.45) is 0. The van der Waals surface area contributed by atoms with Crippen LogP contribution < -0.4 is 4.74 Å². The number of esters is 1. The second-order valence-electron chi connectivity index (χ2n) is 5.10. The van der Waals surface area contributed by atoms with Crippen LogP contribution in [-0.2, 0) is 4.79 Å². The van der Waals surface area contributed by atoms with E-state index in [4.69, 9.17) is 4.74 Å². The zero-order valence-corrected chi connectivity index (χ0v) is 13.7. The van der Waals surface area contributed by atoms with E-state index in [1.807, 2.05) is 66.7 Å². The maximum absolute atomic E-state index is 12.3. The molecule has 3 aromatic carbocycles. The highest BCUT2D eigenvalue weighted by Gasteiger charge is 2.13. The van der Waals surface area contributed by atoms with Gasteiger partial charge in [0.25, 0.3) is 0 Å². The van der Waals surface area contributed by atoms with Gasteiger partial charge in [0.2, 0.25) is 0 Å². The van der Waals surface area contributed by atoms with Crippen molar-refractivity contribution in [1.29, 1.82) is 0 Å². The van der Waals surface area contributed by atoms with Crippen molar-refractivity contribution >= 4 is 28.5 Å². The summed E-state index contributed by atoms with van der Waals surface area (Å²) in [4.78, 5) is 13.3. The molecule has 0 aliphatic heterocycles. The summed E-state index contributed by atoms with van der Waals surface area (Å²) < 4.78 is 5.49. The number of benzene rings is 3. The molecule has 24 heavy (non-hydrogen) atoms. The fourth-order valence-electron chi connectivity index (χ4n) is 2.24. The van der Waals surface area contributed by atoms with Gasteiger partial charge in [-0.05, 0) is 29.0 Å². The average molecular weight is 336 g/mol. The van der Waals surface area contributed by atoms with Gasteiger partial charge in [-0.15, -0.1) is 0 Å². The van der Waals surface area contributed by atoms with Gasteiger partial charge < -0.3 is 9.84 Å². The molecule has 0 spiro atoms. The average Bonchev–Trinajstić information content (AvgIpc) is 2.63. The minimum Gasteiger partial charge on any atom is -0.422 e. The maximum Gasteiger partial charge on any atom is 0.342 e. The summed E-state index contributed by atoms with van der Waals surface area (Å²) in [7, 11) is 0. The molecule has 0 aromatic heterocycles. The monoisotopic (exact) mass is 336 g/mol. The summed E-state index contributed by atoms with van der Waals surface area (Å²) in [6.45, 7) is -0.372. The van der Waals surface area contributed by atoms with E-state index >= 15 is 0 Å². The Morgan fingerprint density at radius 2 is 1.67 bits per heavy atom. The molecule has 3 rings (SSSR count). The van der Waals surface area contributed by atoms with Crippen molar-refractivity contribution in [2.75, 3.05) is 6.61 Å². The summed E-state index contributed by atoms with van der Waals surface area (Å²) in [6, 6.07) is 22.9. The summed E-state index contributed by atoms with van der Waals surface area (Å²) in [5.74, 6) is -0.0561. The van der Waals surface area contributed by atoms with Crippen molar-refractivity contribution in [2.45, 2.75) is 4.90 Å². The topological polar surface area (TPSA) is 46.5 Å². The van der Waals surface area contributed by atoms with Gasteiger partial charge in [-0.2, -0.15) is 0 Å². The van der Waals surface area contributed by atoms with E-state index in [1.54, 1.807) is 11.5 Å². The van der Waals surface area contributed by atoms with E-state index < -0.39 is 5.97 Å². The molecule has 120 valence electrons. The lowest BCUT2D eigenvalue weighted by molar-refractivity contribution is -0.130. The van der Waals surface area contributed by atoms with Gasteiger partial charge >= 0.3 is 5.97 Å². The molecule has 3 aromatic rings. The Hall–Kier alpha value is -2.56. The van der Waals surface area contributed by atoms with Gasteiger partial charge in [-0.3, -0.25) is 0 Å². The molecule has 0 saturated heterocycles. The standard InChI is InChI=1S/C20H16O3S/c21-13-16(14-24-17-9-2-1-3-10-17)20(22)23-19-12-6-8-15-7-4-5-11-18(15)19/h1-12,14,21H,13H2/b16-14+. The fourth-order valence-corrected chi connectivity index (χ4v) is 3.00. The molecule has 0 radical (unpaired) electrons. The molecule has 0 bridgehead atoms. The van der Waals surface area contributed by atoms with Crippen LogP contribution in [-0.4, -0.2) is 17.7 Å². The second kappa shape index (κ2) is 7.81. The highest BCUT2D eigenvalue weighted by molar-refractivity contribution is 8.02. The number of fused-ring (bicyclic) bond motifs is 1. The Bertz CT molecular complexity index is 867. The quantitative estimate of drug-likeness (QED) is 0.324. The Kier molecular flexibility index (Phi) is 5.31. The molecule has 0 aliphatic rings. The van der Waals surface area contributed by atoms with Crippen LogP contribution in [0.5, 0.6) is 5.75 Å². The smallest absolute Gasteiger partial charge is 0.342 e. The van der Waals surface area contributed by atoms with Crippen molar-refractivity contribution in [2.24, 2.45) is 0 Å². The minimum absolute atomic E-state index is 0.219. The van der Waals surface area contributed by atoms with E-state index in [2.05, 4.69) is 0 Å². The Morgan fingerprint density at radius 1 is 0.958 bits per heavy atom. The first-order valence-corrected chi connectivity index (χ1v) is 8.37. The van der Waals surface area contributed by atoms with E-state index in [1.165, 1.54) is 11.8 Å². The number of carbonyl (C=O) groups excluding carboxylic acids is 1. The summed E-state index contributed by atoms with van der Waals surface area (Å²) >= 11 is 1.37. The summed E-state index contributed by atoms with van der Waals surface area (Å²) in [5.41, 5.74) is 0.219. The van der Waals surface area contributed by atoms with E-state index in [0.29, 0.717) is 5.75 Å². The number of aliphatic hydroxyl groups is 1. The van der Waals surface area contributed by atoms with Crippen LogP contribution >= 0.6 is 11.8 Å². The summed E-state index contributed by atoms with van der Waals surface area (Å²) in [5, 5.41) is 13.0. The van der Waals surface area contributed by atoms with Crippen LogP contribution in [0.25, 0.3) is 10.8 Å². The molecule has 4 heteroatoms. The molecule has 3 nitrogen and oxygen atoms in total. The van der Waals surface area contributed by atoms with E-state index in [9.17, 15) is 9.90 Å². The first kappa shape index (κ1) is 16.3. The van der Waals surface area contributed by atoms with E-state index in [0.717, 1.165) is 15.7 Å². The molecular weight excluding hydrogens is 320 g/mol. The molecule has 0 aliphatic carbocycles. The third-order valence-electron chi connectivity index (χ3n) is 3.47. The number of rotatable bonds is 5. The van der Waals surface area contributed by atoms with Gasteiger partial charge in [-0.1, -0.05) is 66.4 Å². The predicted molar refractivity (Wildman–Crippen MR) is 97.1 cm³/mol. The lowest BCUT2D eigenvalue weighted by atomic mass is 10.1. The fraction of sp³-hybridized carbons (Fsp3) is 0.0500. The lowest BCUT2D eigenvalue weighted by Gasteiger charge is -2.09. The van der Waals surface area contributed by atoms with Crippen molar-refractivity contribution in [3.63, 3.8) is 0 Å². The Labute approximate surface area is 144 Å². The van der Waals surface area contributed by atoms with Gasteiger partial charge in [0.15, 0.2) is 0 Å². The van der Waals surface area contributed by atoms with Crippen LogP contribution in [0.4, 0.5) is 0 Å². The third kappa shape index (κ3) is 3.85. The van der Waals surface area contributed by atoms with Crippen molar-refractivity contribution in [3.8, 4) is 5.75 Å². The van der Waals surface area contributed by atoms with Crippen LogP contribution in [0.3, 0.4) is 0 Å². The normalized spacial score (nSPS) is 11.5. The number of thioether (sulfide) groups is 1. The second-order valence-corrected chi connectivity index (χ2v) is 6.04. The molecule has 0 atom stereocenters. The zero-order valence-electron chi connectivity index (χ0n) is 12.9. The number of carbonyl (C=O) groups is 1. The van der Waals surface area contributed by atoms with Crippen LogP contribution in [0.1, 0.15) is 0 Å². The molecule has 1 N–H and O–H groups in total. The first-order chi connectivity index (χ1) is 11.8. The molecule has 0 saturated carbocycles. The first-order valence-electron chi connectivity index (χ1n) is 7.49. The molecule has 0 amide bonds. The van der Waals surface area contributed by atoms with Gasteiger partial charge in [0.05, 0.1) is 12.2 Å².